The van der Waals surface area contributed by atoms with Crippen LogP contribution in [0.4, 0.5) is 0 Å². The molecule has 1 amide bonds. The smallest absolute Gasteiger partial charge is 0.343 e. The monoisotopic (exact) mass is 515 g/mol. The molecule has 0 saturated heterocycles. The zero-order chi connectivity index (χ0) is 27.0. The van der Waals surface area contributed by atoms with Crippen LogP contribution in [-0.2, 0) is 0 Å². The SMILES string of the molecule is CCOc1cc(/C=N/NC(=O)c2cc(-c3ccccc3)nc3ccccc23)ccc1OC(=O)c1ccccc1. The highest BCUT2D eigenvalue weighted by Gasteiger charge is 2.15. The minimum atomic E-state index is -0.482. The highest BCUT2D eigenvalue weighted by atomic mass is 16.6. The van der Waals surface area contributed by atoms with Gasteiger partial charge in [-0.1, -0.05) is 66.7 Å². The fraction of sp³-hybridized carbons (Fsp3) is 0.0625. The van der Waals surface area contributed by atoms with Gasteiger partial charge in [0.1, 0.15) is 0 Å². The number of ether oxygens (including phenoxy) is 2. The molecule has 5 rings (SSSR count). The molecule has 0 bridgehead atoms. The summed E-state index contributed by atoms with van der Waals surface area (Å²) in [7, 11) is 0. The third kappa shape index (κ3) is 5.99. The van der Waals surface area contributed by atoms with E-state index >= 15 is 0 Å². The molecule has 5 aromatic rings. The average Bonchev–Trinajstić information content (AvgIpc) is 2.98. The second-order valence-electron chi connectivity index (χ2n) is 8.53. The number of esters is 1. The molecule has 1 heterocycles. The molecule has 0 spiro atoms. The number of amides is 1. The number of carbonyl (C=O) groups excluding carboxylic acids is 2. The van der Waals surface area contributed by atoms with Gasteiger partial charge in [-0.15, -0.1) is 0 Å². The highest BCUT2D eigenvalue weighted by Crippen LogP contribution is 2.29. The van der Waals surface area contributed by atoms with Crippen LogP contribution in [0.25, 0.3) is 22.2 Å². The van der Waals surface area contributed by atoms with Crippen LogP contribution in [0, 0.1) is 0 Å². The first-order valence-electron chi connectivity index (χ1n) is 12.4. The van der Waals surface area contributed by atoms with Crippen LogP contribution in [-0.4, -0.2) is 29.7 Å². The Morgan fingerprint density at radius 2 is 1.56 bits per heavy atom. The van der Waals surface area contributed by atoms with Gasteiger partial charge in [0, 0.05) is 10.9 Å². The lowest BCUT2D eigenvalue weighted by molar-refractivity contribution is 0.0728. The first kappa shape index (κ1) is 25.4. The summed E-state index contributed by atoms with van der Waals surface area (Å²) in [6, 6.07) is 32.8. The summed E-state index contributed by atoms with van der Waals surface area (Å²) in [6.45, 7) is 2.22. The van der Waals surface area contributed by atoms with Crippen molar-refractivity contribution in [3.63, 3.8) is 0 Å². The minimum absolute atomic E-state index is 0.295. The Kier molecular flexibility index (Phi) is 7.69. The largest absolute Gasteiger partial charge is 0.490 e. The normalized spacial score (nSPS) is 10.9. The van der Waals surface area contributed by atoms with Crippen LogP contribution in [0.3, 0.4) is 0 Å². The first-order chi connectivity index (χ1) is 19.1. The number of hydrazone groups is 1. The van der Waals surface area contributed by atoms with Crippen LogP contribution in [0.15, 0.2) is 114 Å². The maximum absolute atomic E-state index is 13.2. The van der Waals surface area contributed by atoms with Crippen molar-refractivity contribution in [2.45, 2.75) is 6.92 Å². The third-order valence-corrected chi connectivity index (χ3v) is 5.89. The van der Waals surface area contributed by atoms with Crippen molar-refractivity contribution in [3.05, 3.63) is 126 Å². The number of para-hydroxylation sites is 1. The molecule has 4 aromatic carbocycles. The first-order valence-corrected chi connectivity index (χ1v) is 12.4. The zero-order valence-corrected chi connectivity index (χ0v) is 21.2. The topological polar surface area (TPSA) is 89.9 Å². The van der Waals surface area contributed by atoms with Crippen molar-refractivity contribution in [1.29, 1.82) is 0 Å². The predicted molar refractivity (Wildman–Crippen MR) is 151 cm³/mol. The molecule has 39 heavy (non-hydrogen) atoms. The quantitative estimate of drug-likeness (QED) is 0.114. The van der Waals surface area contributed by atoms with E-state index in [0.29, 0.717) is 40.5 Å². The van der Waals surface area contributed by atoms with Gasteiger partial charge in [0.15, 0.2) is 11.5 Å². The maximum Gasteiger partial charge on any atom is 0.343 e. The molecule has 0 unspecified atom stereocenters. The molecule has 0 radical (unpaired) electrons. The number of benzene rings is 4. The molecule has 7 heteroatoms. The lowest BCUT2D eigenvalue weighted by Gasteiger charge is -2.11. The Balaban J connectivity index is 1.35. The van der Waals surface area contributed by atoms with E-state index in [4.69, 9.17) is 14.5 Å². The third-order valence-electron chi connectivity index (χ3n) is 5.89. The maximum atomic E-state index is 13.2. The number of hydrogen-bond acceptors (Lipinski definition) is 6. The van der Waals surface area contributed by atoms with E-state index in [9.17, 15) is 9.59 Å². The summed E-state index contributed by atoms with van der Waals surface area (Å²) in [5.41, 5.74) is 6.51. The van der Waals surface area contributed by atoms with E-state index in [0.717, 1.165) is 16.5 Å². The molecule has 0 aliphatic rings. The van der Waals surface area contributed by atoms with Crippen molar-refractivity contribution in [1.82, 2.24) is 10.4 Å². The van der Waals surface area contributed by atoms with Gasteiger partial charge >= 0.3 is 5.97 Å². The van der Waals surface area contributed by atoms with Gasteiger partial charge in [0.25, 0.3) is 5.91 Å². The van der Waals surface area contributed by atoms with Gasteiger partial charge in [-0.2, -0.15) is 5.10 Å². The fourth-order valence-electron chi connectivity index (χ4n) is 4.04. The van der Waals surface area contributed by atoms with Gasteiger partial charge in [-0.05, 0) is 55.0 Å². The Labute approximate surface area is 225 Å². The number of fused-ring (bicyclic) bond motifs is 1. The Morgan fingerprint density at radius 3 is 2.33 bits per heavy atom. The Morgan fingerprint density at radius 1 is 0.846 bits per heavy atom. The molecule has 0 aliphatic heterocycles. The Bertz CT molecular complexity index is 1650. The molecule has 0 saturated carbocycles. The number of pyridine rings is 1. The molecular weight excluding hydrogens is 490 g/mol. The molecule has 7 nitrogen and oxygen atoms in total. The van der Waals surface area contributed by atoms with Gasteiger partial charge in [-0.3, -0.25) is 4.79 Å². The van der Waals surface area contributed by atoms with Gasteiger partial charge in [0.2, 0.25) is 0 Å². The zero-order valence-electron chi connectivity index (χ0n) is 21.2. The lowest BCUT2D eigenvalue weighted by Crippen LogP contribution is -2.18. The Hall–Kier alpha value is -5.30. The van der Waals surface area contributed by atoms with Crippen molar-refractivity contribution in [3.8, 4) is 22.8 Å². The minimum Gasteiger partial charge on any atom is -0.490 e. The van der Waals surface area contributed by atoms with Crippen molar-refractivity contribution >= 4 is 29.0 Å². The van der Waals surface area contributed by atoms with Gasteiger partial charge in [0.05, 0.1) is 35.2 Å². The number of rotatable bonds is 8. The predicted octanol–water partition coefficient (Wildman–Crippen LogP) is 6.28. The standard InChI is InChI=1S/C32H25N3O4/c1-2-38-30-19-22(17-18-29(30)39-32(37)24-13-7-4-8-14-24)21-33-35-31(36)26-20-28(23-11-5-3-6-12-23)34-27-16-10-9-15-25(26)27/h3-21H,2H2,1H3,(H,35,36)/b33-21+. The molecule has 1 N–H and O–H groups in total. The van der Waals surface area contributed by atoms with E-state index in [1.165, 1.54) is 6.21 Å². The molecule has 0 aliphatic carbocycles. The van der Waals surface area contributed by atoms with E-state index in [1.54, 1.807) is 48.5 Å². The van der Waals surface area contributed by atoms with Gasteiger partial charge < -0.3 is 9.47 Å². The lowest BCUT2D eigenvalue weighted by atomic mass is 10.0. The number of carbonyl (C=O) groups is 2. The van der Waals surface area contributed by atoms with Crippen LogP contribution in [0.2, 0.25) is 0 Å². The van der Waals surface area contributed by atoms with Gasteiger partial charge in [-0.25, -0.2) is 15.2 Å². The number of aromatic nitrogens is 1. The van der Waals surface area contributed by atoms with Crippen LogP contribution < -0.4 is 14.9 Å². The van der Waals surface area contributed by atoms with Crippen LogP contribution in [0.1, 0.15) is 33.2 Å². The molecule has 192 valence electrons. The fourth-order valence-corrected chi connectivity index (χ4v) is 4.04. The van der Waals surface area contributed by atoms with Crippen molar-refractivity contribution < 1.29 is 19.1 Å². The van der Waals surface area contributed by atoms with Crippen molar-refractivity contribution in [2.24, 2.45) is 5.10 Å². The summed E-state index contributed by atoms with van der Waals surface area (Å²) in [4.78, 5) is 30.4. The average molecular weight is 516 g/mol. The van der Waals surface area contributed by atoms with E-state index in [-0.39, 0.29) is 5.91 Å². The molecule has 1 aromatic heterocycles. The molecule has 0 atom stereocenters. The number of hydrogen-bond donors (Lipinski definition) is 1. The summed E-state index contributed by atoms with van der Waals surface area (Å²) in [5, 5.41) is 4.89. The summed E-state index contributed by atoms with van der Waals surface area (Å²) in [6.07, 6.45) is 1.50. The second kappa shape index (κ2) is 11.8. The van der Waals surface area contributed by atoms with E-state index in [1.807, 2.05) is 67.6 Å². The highest BCUT2D eigenvalue weighted by molar-refractivity contribution is 6.07. The molecular formula is C32H25N3O4. The second-order valence-corrected chi connectivity index (χ2v) is 8.53. The summed E-state index contributed by atoms with van der Waals surface area (Å²) < 4.78 is 11.2. The van der Waals surface area contributed by atoms with Crippen LogP contribution in [0.5, 0.6) is 11.5 Å². The van der Waals surface area contributed by atoms with E-state index < -0.39 is 5.97 Å². The van der Waals surface area contributed by atoms with Crippen molar-refractivity contribution in [2.75, 3.05) is 6.61 Å². The summed E-state index contributed by atoms with van der Waals surface area (Å²) >= 11 is 0. The van der Waals surface area contributed by atoms with E-state index in [2.05, 4.69) is 10.5 Å². The molecule has 0 fully saturated rings. The van der Waals surface area contributed by atoms with Crippen LogP contribution >= 0.6 is 0 Å². The summed E-state index contributed by atoms with van der Waals surface area (Å²) in [5.74, 6) is -0.154. The number of nitrogens with one attached hydrogen (secondary N) is 1. The number of nitrogens with zero attached hydrogens (tertiary/aromatic N) is 2.